The van der Waals surface area contributed by atoms with Gasteiger partial charge in [0.25, 0.3) is 10.2 Å². The van der Waals surface area contributed by atoms with Crippen molar-refractivity contribution in [2.24, 2.45) is 5.14 Å². The molecule has 1 aliphatic heterocycles. The van der Waals surface area contributed by atoms with Gasteiger partial charge in [-0.25, -0.2) is 9.86 Å². The van der Waals surface area contributed by atoms with Gasteiger partial charge in [-0.15, -0.1) is 0 Å². The quantitative estimate of drug-likeness (QED) is 0.578. The van der Waals surface area contributed by atoms with Crippen molar-refractivity contribution in [2.75, 3.05) is 18.8 Å². The van der Waals surface area contributed by atoms with E-state index < -0.39 is 10.2 Å². The molecule has 0 unspecified atom stereocenters. The third-order valence-electron chi connectivity index (χ3n) is 2.07. The molecule has 0 aromatic carbocycles. The van der Waals surface area contributed by atoms with Gasteiger partial charge in [-0.1, -0.05) is 0 Å². The minimum atomic E-state index is -3.55. The van der Waals surface area contributed by atoms with E-state index >= 15 is 0 Å². The zero-order valence-electron chi connectivity index (χ0n) is 7.90. The molecule has 7 heteroatoms. The Kier molecular flexibility index (Phi) is 4.65. The maximum absolute atomic E-state index is 10.6. The molecule has 0 saturated carbocycles. The normalized spacial score (nSPS) is 28.1. The maximum Gasteiger partial charge on any atom is 0.274 e. The summed E-state index contributed by atoms with van der Waals surface area (Å²) >= 11 is 1.79. The van der Waals surface area contributed by atoms with Gasteiger partial charge >= 0.3 is 0 Å². The minimum absolute atomic E-state index is 0.192. The van der Waals surface area contributed by atoms with Crippen molar-refractivity contribution < 1.29 is 8.42 Å². The van der Waals surface area contributed by atoms with Crippen molar-refractivity contribution >= 4 is 22.0 Å². The van der Waals surface area contributed by atoms with Gasteiger partial charge in [0.1, 0.15) is 0 Å². The van der Waals surface area contributed by atoms with E-state index in [1.54, 1.807) is 11.8 Å². The van der Waals surface area contributed by atoms with E-state index in [1.807, 2.05) is 0 Å². The lowest BCUT2D eigenvalue weighted by molar-refractivity contribution is 0.553. The van der Waals surface area contributed by atoms with Crippen LogP contribution >= 0.6 is 11.8 Å². The first kappa shape index (κ1) is 12.3. The largest absolute Gasteiger partial charge is 0.312 e. The molecule has 0 amide bonds. The second-order valence-electron chi connectivity index (χ2n) is 3.23. The van der Waals surface area contributed by atoms with E-state index in [1.165, 1.54) is 0 Å². The molecule has 5 nitrogen and oxygen atoms in total. The standard InChI is InChI=1S/C7H16N3O2S2/c1-2-13-7-3-6(9-5-7)4-10-14(8,11)12/h6-7,9-10H,1-5H2,(H2,8,11,12)/t6-,7-/m0/s1. The van der Waals surface area contributed by atoms with Gasteiger partial charge in [0.2, 0.25) is 0 Å². The summed E-state index contributed by atoms with van der Waals surface area (Å²) in [7, 11) is -3.55. The molecule has 2 atom stereocenters. The van der Waals surface area contributed by atoms with Crippen LogP contribution in [-0.4, -0.2) is 38.6 Å². The Bertz CT molecular complexity index is 268. The minimum Gasteiger partial charge on any atom is -0.312 e. The lowest BCUT2D eigenvalue weighted by Gasteiger charge is -2.09. The summed E-state index contributed by atoms with van der Waals surface area (Å²) in [6.45, 7) is 5.05. The van der Waals surface area contributed by atoms with E-state index in [4.69, 9.17) is 5.14 Å². The van der Waals surface area contributed by atoms with Crippen molar-refractivity contribution in [3.05, 3.63) is 6.92 Å². The molecule has 0 aromatic rings. The Morgan fingerprint density at radius 3 is 2.93 bits per heavy atom. The van der Waals surface area contributed by atoms with Crippen LogP contribution in [0.3, 0.4) is 0 Å². The number of thioether (sulfide) groups is 1. The van der Waals surface area contributed by atoms with Crippen molar-refractivity contribution in [1.29, 1.82) is 0 Å². The van der Waals surface area contributed by atoms with Crippen molar-refractivity contribution in [3.8, 4) is 0 Å². The Hall–Kier alpha value is 0.180. The fraction of sp³-hybridized carbons (Fsp3) is 0.857. The van der Waals surface area contributed by atoms with E-state index in [0.717, 1.165) is 18.7 Å². The number of nitrogens with two attached hydrogens (primary N) is 1. The lowest BCUT2D eigenvalue weighted by atomic mass is 10.2. The van der Waals surface area contributed by atoms with Crippen LogP contribution in [0.25, 0.3) is 0 Å². The Labute approximate surface area is 89.4 Å². The molecule has 1 rings (SSSR count). The number of hydrogen-bond acceptors (Lipinski definition) is 4. The molecule has 1 fully saturated rings. The number of nitrogens with one attached hydrogen (secondary N) is 2. The Morgan fingerprint density at radius 2 is 2.36 bits per heavy atom. The summed E-state index contributed by atoms with van der Waals surface area (Å²) in [5.41, 5.74) is 0. The smallest absolute Gasteiger partial charge is 0.274 e. The van der Waals surface area contributed by atoms with Crippen molar-refractivity contribution in [3.63, 3.8) is 0 Å². The highest BCUT2D eigenvalue weighted by atomic mass is 32.2. The summed E-state index contributed by atoms with van der Waals surface area (Å²) in [6.07, 6.45) is 0.961. The molecule has 0 spiro atoms. The highest BCUT2D eigenvalue weighted by Gasteiger charge is 2.24. The molecule has 14 heavy (non-hydrogen) atoms. The van der Waals surface area contributed by atoms with Crippen LogP contribution in [0.15, 0.2) is 0 Å². The summed E-state index contributed by atoms with van der Waals surface area (Å²) < 4.78 is 23.5. The average molecular weight is 238 g/mol. The second-order valence-corrected chi connectivity index (χ2v) is 6.01. The predicted molar refractivity (Wildman–Crippen MR) is 59.1 cm³/mol. The molecule has 0 aliphatic carbocycles. The first-order valence-corrected chi connectivity index (χ1v) is 7.02. The first-order chi connectivity index (χ1) is 6.51. The second kappa shape index (κ2) is 5.32. The molecule has 1 radical (unpaired) electrons. The monoisotopic (exact) mass is 238 g/mol. The van der Waals surface area contributed by atoms with Gasteiger partial charge in [-0.2, -0.15) is 20.2 Å². The van der Waals surface area contributed by atoms with Crippen LogP contribution in [0.5, 0.6) is 0 Å². The van der Waals surface area contributed by atoms with Crippen LogP contribution in [0, 0.1) is 6.92 Å². The highest BCUT2D eigenvalue weighted by Crippen LogP contribution is 2.20. The summed E-state index contributed by atoms with van der Waals surface area (Å²) in [5, 5.41) is 8.60. The van der Waals surface area contributed by atoms with Crippen LogP contribution < -0.4 is 15.2 Å². The molecular formula is C7H16N3O2S2. The van der Waals surface area contributed by atoms with Crippen LogP contribution in [-0.2, 0) is 10.2 Å². The topological polar surface area (TPSA) is 84.2 Å². The van der Waals surface area contributed by atoms with Gasteiger partial charge < -0.3 is 5.32 Å². The molecule has 0 bridgehead atoms. The first-order valence-electron chi connectivity index (χ1n) is 4.43. The molecule has 4 N–H and O–H groups in total. The van der Waals surface area contributed by atoms with Gasteiger partial charge in [-0.05, 0) is 19.1 Å². The fourth-order valence-electron chi connectivity index (χ4n) is 1.45. The Balaban J connectivity index is 2.23. The third-order valence-corrected chi connectivity index (χ3v) is 3.70. The van der Waals surface area contributed by atoms with Gasteiger partial charge in [0, 0.05) is 24.4 Å². The Morgan fingerprint density at radius 1 is 1.64 bits per heavy atom. The summed E-state index contributed by atoms with van der Waals surface area (Å²) in [5.74, 6) is 0.849. The van der Waals surface area contributed by atoms with E-state index in [-0.39, 0.29) is 6.04 Å². The van der Waals surface area contributed by atoms with Crippen molar-refractivity contribution in [2.45, 2.75) is 17.7 Å². The predicted octanol–water partition coefficient (Wildman–Crippen LogP) is -0.923. The lowest BCUT2D eigenvalue weighted by Crippen LogP contribution is -2.40. The van der Waals surface area contributed by atoms with Crippen molar-refractivity contribution in [1.82, 2.24) is 10.0 Å². The van der Waals surface area contributed by atoms with Gasteiger partial charge in [0.15, 0.2) is 0 Å². The molecular weight excluding hydrogens is 222 g/mol. The summed E-state index contributed by atoms with van der Waals surface area (Å²) in [4.78, 5) is 0. The van der Waals surface area contributed by atoms with Gasteiger partial charge in [-0.3, -0.25) is 0 Å². The van der Waals surface area contributed by atoms with Gasteiger partial charge in [0.05, 0.1) is 0 Å². The molecule has 0 aromatic heterocycles. The summed E-state index contributed by atoms with van der Waals surface area (Å²) in [6, 6.07) is 0.192. The average Bonchev–Trinajstić information content (AvgIpc) is 2.49. The van der Waals surface area contributed by atoms with E-state index in [0.29, 0.717) is 11.8 Å². The SMILES string of the molecule is [CH2]CS[C@@H]1CN[C@H](CNS(N)(=O)=O)C1. The third kappa shape index (κ3) is 4.61. The fourth-order valence-corrected chi connectivity index (χ4v) is 2.80. The maximum atomic E-state index is 10.6. The molecule has 1 aliphatic rings. The number of rotatable bonds is 5. The zero-order valence-corrected chi connectivity index (χ0v) is 9.53. The van der Waals surface area contributed by atoms with E-state index in [9.17, 15) is 8.42 Å². The molecule has 1 saturated heterocycles. The molecule has 83 valence electrons. The van der Waals surface area contributed by atoms with E-state index in [2.05, 4.69) is 17.0 Å². The van der Waals surface area contributed by atoms with Crippen LogP contribution in [0.4, 0.5) is 0 Å². The van der Waals surface area contributed by atoms with Crippen LogP contribution in [0.1, 0.15) is 6.42 Å². The highest BCUT2D eigenvalue weighted by molar-refractivity contribution is 8.00. The zero-order chi connectivity index (χ0) is 10.6. The molecule has 1 heterocycles. The van der Waals surface area contributed by atoms with Crippen LogP contribution in [0.2, 0.25) is 0 Å². The number of hydrogen-bond donors (Lipinski definition) is 3.